The lowest BCUT2D eigenvalue weighted by molar-refractivity contribution is -0.114. The Morgan fingerprint density at radius 3 is 2.63 bits per heavy atom. The van der Waals surface area contributed by atoms with Crippen molar-refractivity contribution in [1.29, 1.82) is 0 Å². The third-order valence-corrected chi connectivity index (χ3v) is 3.10. The second-order valence-corrected chi connectivity index (χ2v) is 4.31. The van der Waals surface area contributed by atoms with Crippen molar-refractivity contribution in [2.45, 2.75) is 13.8 Å². The Kier molecular flexibility index (Phi) is 3.47. The van der Waals surface area contributed by atoms with Crippen LogP contribution in [0.15, 0.2) is 43.0 Å². The molecule has 2 rings (SSSR count). The van der Waals surface area contributed by atoms with Crippen LogP contribution in [0.25, 0.3) is 11.1 Å². The summed E-state index contributed by atoms with van der Waals surface area (Å²) in [4.78, 5) is 23.7. The molecule has 0 atom stereocenters. The molecule has 1 aromatic rings. The number of nitrogens with one attached hydrogen (secondary N) is 1. The molecule has 96 valence electrons. The van der Waals surface area contributed by atoms with E-state index in [4.69, 9.17) is 0 Å². The van der Waals surface area contributed by atoms with Crippen LogP contribution in [0.3, 0.4) is 0 Å². The number of fused-ring (bicyclic) bond motifs is 1. The Hall–Kier alpha value is -2.42. The normalized spacial score (nSPS) is 16.2. The second-order valence-electron chi connectivity index (χ2n) is 4.31. The monoisotopic (exact) mass is 253 g/mol. The smallest absolute Gasteiger partial charge is 0.258 e. The Morgan fingerprint density at radius 1 is 1.26 bits per heavy atom. The van der Waals surface area contributed by atoms with Crippen LogP contribution < -0.4 is 15.8 Å². The predicted molar refractivity (Wildman–Crippen MR) is 75.7 cm³/mol. The highest BCUT2D eigenvalue weighted by molar-refractivity contribution is 6.27. The minimum Gasteiger partial charge on any atom is -0.288 e. The second kappa shape index (κ2) is 5.06. The average Bonchev–Trinajstić information content (AvgIpc) is 2.39. The van der Waals surface area contributed by atoms with Crippen LogP contribution in [0, 0.1) is 0 Å². The molecule has 3 heteroatoms. The molecule has 0 saturated heterocycles. The van der Waals surface area contributed by atoms with Crippen LogP contribution in [0.2, 0.25) is 0 Å². The van der Waals surface area contributed by atoms with Gasteiger partial charge in [-0.2, -0.15) is 0 Å². The number of hydrogen-bond acceptors (Lipinski definition) is 2. The van der Waals surface area contributed by atoms with E-state index < -0.39 is 5.91 Å². The zero-order valence-corrected chi connectivity index (χ0v) is 11.0. The zero-order valence-electron chi connectivity index (χ0n) is 11.0. The summed E-state index contributed by atoms with van der Waals surface area (Å²) < 4.78 is 0. The van der Waals surface area contributed by atoms with Crippen molar-refractivity contribution in [3.63, 3.8) is 0 Å². The van der Waals surface area contributed by atoms with Crippen LogP contribution in [-0.4, -0.2) is 11.8 Å². The fourth-order valence-electron chi connectivity index (χ4n) is 2.25. The van der Waals surface area contributed by atoms with E-state index in [1.807, 2.05) is 38.1 Å². The van der Waals surface area contributed by atoms with Gasteiger partial charge < -0.3 is 0 Å². The molecule has 0 spiro atoms. The molecule has 0 aromatic heterocycles. The molecular formula is C16H15NO2. The molecule has 1 aromatic carbocycles. The van der Waals surface area contributed by atoms with Gasteiger partial charge in [0, 0.05) is 16.4 Å². The molecule has 0 saturated carbocycles. The first-order valence-corrected chi connectivity index (χ1v) is 6.05. The van der Waals surface area contributed by atoms with Crippen LogP contribution in [0.5, 0.6) is 0 Å². The summed E-state index contributed by atoms with van der Waals surface area (Å²) in [5.41, 5.74) is 1.95. The molecule has 1 aliphatic rings. The fourth-order valence-corrected chi connectivity index (χ4v) is 2.25. The summed E-state index contributed by atoms with van der Waals surface area (Å²) in [6.45, 7) is 7.55. The van der Waals surface area contributed by atoms with Crippen molar-refractivity contribution in [2.24, 2.45) is 0 Å². The summed E-state index contributed by atoms with van der Waals surface area (Å²) >= 11 is 0. The maximum Gasteiger partial charge on any atom is 0.258 e. The fraction of sp³-hybridized carbons (Fsp3) is 0.125. The number of imide groups is 1. The highest BCUT2D eigenvalue weighted by atomic mass is 16.2. The lowest BCUT2D eigenvalue weighted by Crippen LogP contribution is -2.47. The molecule has 2 amide bonds. The van der Waals surface area contributed by atoms with Crippen LogP contribution in [0.1, 0.15) is 24.2 Å². The maximum absolute atomic E-state index is 11.9. The van der Waals surface area contributed by atoms with E-state index in [9.17, 15) is 9.59 Å². The summed E-state index contributed by atoms with van der Waals surface area (Å²) in [6.07, 6.45) is 5.37. The van der Waals surface area contributed by atoms with E-state index in [0.717, 1.165) is 10.8 Å². The first kappa shape index (κ1) is 13.0. The SMILES string of the molecule is C=CC1=c2c(ccc/c2=C(C)/C=C\C)C(=O)NC1=O. The molecule has 1 heterocycles. The minimum absolute atomic E-state index is 0.360. The van der Waals surface area contributed by atoms with E-state index >= 15 is 0 Å². The Balaban J connectivity index is 3.07. The minimum atomic E-state index is -0.395. The number of amides is 2. The van der Waals surface area contributed by atoms with E-state index in [1.165, 1.54) is 6.08 Å². The molecule has 0 fully saturated rings. The van der Waals surface area contributed by atoms with Gasteiger partial charge in [-0.1, -0.05) is 36.9 Å². The third-order valence-electron chi connectivity index (χ3n) is 3.10. The lowest BCUT2D eigenvalue weighted by atomic mass is 9.97. The summed E-state index contributed by atoms with van der Waals surface area (Å²) in [5.74, 6) is -0.756. The number of allylic oxidation sites excluding steroid dienone is 2. The maximum atomic E-state index is 11.9. The highest BCUT2D eigenvalue weighted by Crippen LogP contribution is 2.04. The molecule has 1 N–H and O–H groups in total. The lowest BCUT2D eigenvalue weighted by Gasteiger charge is -2.14. The van der Waals surface area contributed by atoms with E-state index in [0.29, 0.717) is 16.4 Å². The predicted octanol–water partition coefficient (Wildman–Crippen LogP) is 1.04. The van der Waals surface area contributed by atoms with Crippen molar-refractivity contribution in [3.8, 4) is 0 Å². The van der Waals surface area contributed by atoms with Gasteiger partial charge in [0.15, 0.2) is 0 Å². The Morgan fingerprint density at radius 2 is 2.00 bits per heavy atom. The number of rotatable bonds is 2. The number of carbonyl (C=O) groups excluding carboxylic acids is 2. The molecule has 3 nitrogen and oxygen atoms in total. The van der Waals surface area contributed by atoms with E-state index in [2.05, 4.69) is 11.9 Å². The van der Waals surface area contributed by atoms with Crippen molar-refractivity contribution >= 4 is 23.0 Å². The first-order valence-electron chi connectivity index (χ1n) is 6.05. The zero-order chi connectivity index (χ0) is 14.0. The molecule has 1 aliphatic heterocycles. The number of carbonyl (C=O) groups is 2. The number of benzene rings is 1. The molecule has 0 aliphatic carbocycles. The largest absolute Gasteiger partial charge is 0.288 e. The van der Waals surface area contributed by atoms with Gasteiger partial charge in [0.1, 0.15) is 0 Å². The van der Waals surface area contributed by atoms with Gasteiger partial charge in [-0.3, -0.25) is 14.9 Å². The molecule has 0 radical (unpaired) electrons. The molecule has 0 unspecified atom stereocenters. The van der Waals surface area contributed by atoms with Crippen molar-refractivity contribution < 1.29 is 9.59 Å². The van der Waals surface area contributed by atoms with Gasteiger partial charge in [0.25, 0.3) is 11.8 Å². The first-order chi connectivity index (χ1) is 9.10. The number of hydrogen-bond donors (Lipinski definition) is 1. The van der Waals surface area contributed by atoms with Crippen LogP contribution >= 0.6 is 0 Å². The Bertz CT molecular complexity index is 724. The van der Waals surface area contributed by atoms with Gasteiger partial charge >= 0.3 is 0 Å². The van der Waals surface area contributed by atoms with Gasteiger partial charge in [-0.15, -0.1) is 0 Å². The van der Waals surface area contributed by atoms with Crippen molar-refractivity contribution in [1.82, 2.24) is 5.32 Å². The molecular weight excluding hydrogens is 238 g/mol. The quantitative estimate of drug-likeness (QED) is 0.800. The standard InChI is InChI=1S/C16H15NO2/c1-4-7-10(3)12-8-6-9-13-14(12)11(5-2)15(18)17-16(13)19/h4-9H,2H2,1,3H3,(H,17,18,19)/b7-4-,12-10-. The topological polar surface area (TPSA) is 46.2 Å². The van der Waals surface area contributed by atoms with Gasteiger partial charge in [-0.25, -0.2) is 0 Å². The summed E-state index contributed by atoms with van der Waals surface area (Å²) in [5, 5.41) is 3.87. The average molecular weight is 253 g/mol. The van der Waals surface area contributed by atoms with Crippen LogP contribution in [-0.2, 0) is 4.79 Å². The summed E-state index contributed by atoms with van der Waals surface area (Å²) in [6, 6.07) is 5.44. The Labute approximate surface area is 111 Å². The molecule has 19 heavy (non-hydrogen) atoms. The van der Waals surface area contributed by atoms with Crippen molar-refractivity contribution in [2.75, 3.05) is 0 Å². The summed E-state index contributed by atoms with van der Waals surface area (Å²) in [7, 11) is 0. The third kappa shape index (κ3) is 2.15. The van der Waals surface area contributed by atoms with Gasteiger partial charge in [0.2, 0.25) is 0 Å². The van der Waals surface area contributed by atoms with E-state index in [1.54, 1.807) is 6.07 Å². The van der Waals surface area contributed by atoms with Gasteiger partial charge in [0.05, 0.1) is 0 Å². The van der Waals surface area contributed by atoms with E-state index in [-0.39, 0.29) is 5.91 Å². The molecule has 0 bridgehead atoms. The van der Waals surface area contributed by atoms with Crippen molar-refractivity contribution in [3.05, 3.63) is 59.0 Å². The van der Waals surface area contributed by atoms with Gasteiger partial charge in [-0.05, 0) is 30.7 Å². The highest BCUT2D eigenvalue weighted by Gasteiger charge is 2.22. The van der Waals surface area contributed by atoms with Crippen LogP contribution in [0.4, 0.5) is 0 Å².